The Bertz CT molecular complexity index is 668. The first-order valence-electron chi connectivity index (χ1n) is 6.08. The third-order valence-electron chi connectivity index (χ3n) is 3.19. The molecule has 0 fully saturated rings. The maximum Gasteiger partial charge on any atom is 0.416 e. The number of hydrogen-bond donors (Lipinski definition) is 1. The zero-order valence-corrected chi connectivity index (χ0v) is 14.2. The van der Waals surface area contributed by atoms with E-state index in [9.17, 15) is 13.2 Å². The van der Waals surface area contributed by atoms with Gasteiger partial charge in [-0.25, -0.2) is 0 Å². The largest absolute Gasteiger partial charge is 0.416 e. The first-order chi connectivity index (χ1) is 9.70. The molecule has 112 valence electrons. The fourth-order valence-electron chi connectivity index (χ4n) is 1.99. The molecule has 0 radical (unpaired) electrons. The third kappa shape index (κ3) is 3.67. The summed E-state index contributed by atoms with van der Waals surface area (Å²) in [5, 5.41) is 0. The second-order valence-corrected chi connectivity index (χ2v) is 6.43. The molecule has 2 rings (SSSR count). The van der Waals surface area contributed by atoms with Crippen molar-refractivity contribution in [2.45, 2.75) is 19.1 Å². The highest BCUT2D eigenvalue weighted by atomic mass is 79.9. The summed E-state index contributed by atoms with van der Waals surface area (Å²) in [6.07, 6.45) is -4.37. The quantitative estimate of drug-likeness (QED) is 0.670. The monoisotopic (exact) mass is 421 g/mol. The minimum Gasteiger partial charge on any atom is -0.320 e. The summed E-state index contributed by atoms with van der Waals surface area (Å²) in [6.45, 7) is 1.93. The summed E-state index contributed by atoms with van der Waals surface area (Å²) >= 11 is 6.83. The molecule has 0 aliphatic carbocycles. The lowest BCUT2D eigenvalue weighted by Gasteiger charge is -2.17. The van der Waals surface area contributed by atoms with Crippen molar-refractivity contribution >= 4 is 31.9 Å². The van der Waals surface area contributed by atoms with Crippen molar-refractivity contribution in [1.82, 2.24) is 0 Å². The number of benzene rings is 2. The lowest BCUT2D eigenvalue weighted by molar-refractivity contribution is -0.137. The van der Waals surface area contributed by atoms with E-state index in [-0.39, 0.29) is 0 Å². The zero-order valence-electron chi connectivity index (χ0n) is 11.0. The van der Waals surface area contributed by atoms with Crippen LogP contribution in [0, 0.1) is 6.92 Å². The molecule has 6 heteroatoms. The molecule has 0 heterocycles. The predicted octanol–water partition coefficient (Wildman–Crippen LogP) is 5.59. The molecule has 0 spiro atoms. The first-order valence-corrected chi connectivity index (χ1v) is 7.67. The number of alkyl halides is 3. The van der Waals surface area contributed by atoms with E-state index in [4.69, 9.17) is 5.73 Å². The van der Waals surface area contributed by atoms with Crippen LogP contribution < -0.4 is 5.73 Å². The van der Waals surface area contributed by atoms with Gasteiger partial charge in [-0.2, -0.15) is 13.2 Å². The van der Waals surface area contributed by atoms with Gasteiger partial charge in [0.25, 0.3) is 0 Å². The van der Waals surface area contributed by atoms with Crippen molar-refractivity contribution in [2.75, 3.05) is 0 Å². The Labute approximate surface area is 137 Å². The van der Waals surface area contributed by atoms with E-state index in [1.54, 1.807) is 6.07 Å². The molecule has 0 aromatic heterocycles. The Hall–Kier alpha value is -0.850. The van der Waals surface area contributed by atoms with E-state index < -0.39 is 17.8 Å². The van der Waals surface area contributed by atoms with Crippen LogP contribution in [-0.2, 0) is 6.18 Å². The topological polar surface area (TPSA) is 26.0 Å². The summed E-state index contributed by atoms with van der Waals surface area (Å²) in [5.74, 6) is 0. The van der Waals surface area contributed by atoms with Crippen molar-refractivity contribution in [3.05, 3.63) is 67.6 Å². The maximum atomic E-state index is 12.8. The number of nitrogens with two attached hydrogens (primary N) is 1. The molecule has 1 unspecified atom stereocenters. The number of halogens is 5. The molecule has 21 heavy (non-hydrogen) atoms. The number of hydrogen-bond acceptors (Lipinski definition) is 1. The fourth-order valence-corrected chi connectivity index (χ4v) is 3.05. The van der Waals surface area contributed by atoms with Crippen LogP contribution in [0.15, 0.2) is 45.3 Å². The van der Waals surface area contributed by atoms with Gasteiger partial charge in [0.1, 0.15) is 0 Å². The molecule has 0 aliphatic rings. The van der Waals surface area contributed by atoms with Gasteiger partial charge in [0.05, 0.1) is 11.6 Å². The minimum atomic E-state index is -4.37. The molecule has 0 bridgehead atoms. The smallest absolute Gasteiger partial charge is 0.320 e. The van der Waals surface area contributed by atoms with Gasteiger partial charge in [-0.15, -0.1) is 0 Å². The molecule has 2 N–H and O–H groups in total. The Balaban J connectivity index is 2.45. The van der Waals surface area contributed by atoms with Crippen LogP contribution in [0.4, 0.5) is 13.2 Å². The van der Waals surface area contributed by atoms with Gasteiger partial charge in [0, 0.05) is 8.95 Å². The average Bonchev–Trinajstić information content (AvgIpc) is 2.41. The first kappa shape index (κ1) is 16.5. The molecule has 0 saturated carbocycles. The van der Waals surface area contributed by atoms with Crippen LogP contribution in [0.1, 0.15) is 28.3 Å². The van der Waals surface area contributed by atoms with Crippen molar-refractivity contribution in [3.63, 3.8) is 0 Å². The van der Waals surface area contributed by atoms with E-state index in [0.717, 1.165) is 32.2 Å². The predicted molar refractivity (Wildman–Crippen MR) is 84.1 cm³/mol. The zero-order chi connectivity index (χ0) is 15.8. The lowest BCUT2D eigenvalue weighted by Crippen LogP contribution is -2.14. The lowest BCUT2D eigenvalue weighted by atomic mass is 9.97. The van der Waals surface area contributed by atoms with Gasteiger partial charge < -0.3 is 5.73 Å². The van der Waals surface area contributed by atoms with E-state index in [1.807, 2.05) is 19.1 Å². The summed E-state index contributed by atoms with van der Waals surface area (Å²) in [6, 6.07) is 8.16. The molecular weight excluding hydrogens is 411 g/mol. The Morgan fingerprint density at radius 2 is 1.71 bits per heavy atom. The fraction of sp³-hybridized carbons (Fsp3) is 0.200. The second kappa shape index (κ2) is 6.10. The molecule has 2 aromatic rings. The Morgan fingerprint density at radius 3 is 2.33 bits per heavy atom. The molecule has 1 atom stereocenters. The summed E-state index contributed by atoms with van der Waals surface area (Å²) in [7, 11) is 0. The van der Waals surface area contributed by atoms with Crippen LogP contribution in [0.2, 0.25) is 0 Å². The summed E-state index contributed by atoms with van der Waals surface area (Å²) < 4.78 is 40.0. The van der Waals surface area contributed by atoms with Gasteiger partial charge in [-0.1, -0.05) is 44.0 Å². The van der Waals surface area contributed by atoms with E-state index >= 15 is 0 Å². The van der Waals surface area contributed by atoms with Gasteiger partial charge in [0.2, 0.25) is 0 Å². The Morgan fingerprint density at radius 1 is 1.05 bits per heavy atom. The normalized spacial score (nSPS) is 13.3. The van der Waals surface area contributed by atoms with Crippen molar-refractivity contribution in [2.24, 2.45) is 5.73 Å². The van der Waals surface area contributed by atoms with Crippen LogP contribution in [0.5, 0.6) is 0 Å². The van der Waals surface area contributed by atoms with Crippen molar-refractivity contribution in [1.29, 1.82) is 0 Å². The molecule has 1 nitrogen and oxygen atoms in total. The number of rotatable bonds is 2. The molecule has 0 amide bonds. The highest BCUT2D eigenvalue weighted by molar-refractivity contribution is 9.11. The van der Waals surface area contributed by atoms with Crippen LogP contribution in [0.25, 0.3) is 0 Å². The van der Waals surface area contributed by atoms with Gasteiger partial charge in [-0.05, 0) is 47.9 Å². The van der Waals surface area contributed by atoms with Crippen LogP contribution in [-0.4, -0.2) is 0 Å². The third-order valence-corrected chi connectivity index (χ3v) is 4.73. The highest BCUT2D eigenvalue weighted by Crippen LogP contribution is 2.34. The van der Waals surface area contributed by atoms with Gasteiger partial charge >= 0.3 is 6.18 Å². The average molecular weight is 423 g/mol. The second-order valence-electron chi connectivity index (χ2n) is 4.72. The molecule has 2 aromatic carbocycles. The van der Waals surface area contributed by atoms with Crippen molar-refractivity contribution < 1.29 is 13.2 Å². The SMILES string of the molecule is Cc1cc(Br)c(C(N)c2cccc(C(F)(F)F)c2)cc1Br. The van der Waals surface area contributed by atoms with Crippen LogP contribution in [0.3, 0.4) is 0 Å². The van der Waals surface area contributed by atoms with E-state index in [2.05, 4.69) is 31.9 Å². The highest BCUT2D eigenvalue weighted by Gasteiger charge is 2.31. The standard InChI is InChI=1S/C15H12Br2F3N/c1-8-5-13(17)11(7-12(8)16)14(21)9-3-2-4-10(6-9)15(18,19)20/h2-7,14H,21H2,1H3. The molecular formula is C15H12Br2F3N. The number of aryl methyl sites for hydroxylation is 1. The molecule has 0 aliphatic heterocycles. The van der Waals surface area contributed by atoms with Crippen molar-refractivity contribution in [3.8, 4) is 0 Å². The maximum absolute atomic E-state index is 12.8. The van der Waals surface area contributed by atoms with Crippen LogP contribution >= 0.6 is 31.9 Å². The van der Waals surface area contributed by atoms with E-state index in [1.165, 1.54) is 6.07 Å². The van der Waals surface area contributed by atoms with Gasteiger partial charge in [-0.3, -0.25) is 0 Å². The summed E-state index contributed by atoms with van der Waals surface area (Å²) in [5.41, 5.74) is 7.60. The Kier molecular flexibility index (Phi) is 4.80. The molecule has 0 saturated heterocycles. The summed E-state index contributed by atoms with van der Waals surface area (Å²) in [4.78, 5) is 0. The van der Waals surface area contributed by atoms with Gasteiger partial charge in [0.15, 0.2) is 0 Å². The van der Waals surface area contributed by atoms with E-state index in [0.29, 0.717) is 5.56 Å². The minimum absolute atomic E-state index is 0.418.